The van der Waals surface area contributed by atoms with Gasteiger partial charge in [0.2, 0.25) is 5.91 Å². The van der Waals surface area contributed by atoms with Crippen molar-refractivity contribution < 1.29 is 4.79 Å². The first-order valence-corrected chi connectivity index (χ1v) is 9.37. The quantitative estimate of drug-likeness (QED) is 0.791. The lowest BCUT2D eigenvalue weighted by atomic mass is 10.0. The van der Waals surface area contributed by atoms with Crippen LogP contribution in [0.5, 0.6) is 0 Å². The van der Waals surface area contributed by atoms with Crippen LogP contribution < -0.4 is 4.90 Å². The molecule has 0 radical (unpaired) electrons. The molecule has 3 rings (SSSR count). The van der Waals surface area contributed by atoms with Crippen molar-refractivity contribution in [3.63, 3.8) is 0 Å². The number of rotatable bonds is 6. The zero-order chi connectivity index (χ0) is 18.2. The Morgan fingerprint density at radius 2 is 1.88 bits per heavy atom. The van der Waals surface area contributed by atoms with Gasteiger partial charge in [0.25, 0.3) is 0 Å². The Morgan fingerprint density at radius 1 is 1.15 bits per heavy atom. The number of pyridine rings is 1. The van der Waals surface area contributed by atoms with E-state index in [0.29, 0.717) is 12.5 Å². The number of anilines is 1. The van der Waals surface area contributed by atoms with Crippen LogP contribution in [0.25, 0.3) is 6.08 Å². The summed E-state index contributed by atoms with van der Waals surface area (Å²) >= 11 is 0. The smallest absolute Gasteiger partial charge is 0.222 e. The highest BCUT2D eigenvalue weighted by Crippen LogP contribution is 2.20. The molecule has 1 aromatic carbocycles. The van der Waals surface area contributed by atoms with Gasteiger partial charge in [-0.1, -0.05) is 48.6 Å². The lowest BCUT2D eigenvalue weighted by molar-refractivity contribution is -0.132. The van der Waals surface area contributed by atoms with E-state index >= 15 is 0 Å². The van der Waals surface area contributed by atoms with Crippen LogP contribution in [-0.4, -0.2) is 42.0 Å². The Hall–Kier alpha value is -2.62. The molecule has 0 aliphatic carbocycles. The Morgan fingerprint density at radius 3 is 2.58 bits per heavy atom. The number of hydrogen-bond acceptors (Lipinski definition) is 3. The molecule has 1 aliphatic heterocycles. The number of carbonyl (C=O) groups excluding carboxylic acids is 1. The molecular formula is C22H27N3O. The number of allylic oxidation sites excluding steroid dienone is 1. The summed E-state index contributed by atoms with van der Waals surface area (Å²) in [7, 11) is 1.95. The number of benzene rings is 1. The van der Waals surface area contributed by atoms with Gasteiger partial charge in [-0.05, 0) is 37.0 Å². The van der Waals surface area contributed by atoms with Crippen LogP contribution >= 0.6 is 0 Å². The van der Waals surface area contributed by atoms with Gasteiger partial charge in [0, 0.05) is 38.8 Å². The highest BCUT2D eigenvalue weighted by molar-refractivity contribution is 5.76. The maximum Gasteiger partial charge on any atom is 0.222 e. The molecule has 0 unspecified atom stereocenters. The first-order valence-electron chi connectivity index (χ1n) is 9.37. The van der Waals surface area contributed by atoms with Gasteiger partial charge in [-0.3, -0.25) is 4.79 Å². The largest absolute Gasteiger partial charge is 0.356 e. The molecule has 1 aliphatic rings. The van der Waals surface area contributed by atoms with Crippen molar-refractivity contribution >= 4 is 17.8 Å². The van der Waals surface area contributed by atoms with E-state index in [1.165, 1.54) is 5.56 Å². The molecule has 0 bridgehead atoms. The molecule has 0 saturated carbocycles. The van der Waals surface area contributed by atoms with Crippen molar-refractivity contribution in [1.29, 1.82) is 0 Å². The average Bonchev–Trinajstić information content (AvgIpc) is 2.72. The van der Waals surface area contributed by atoms with Crippen LogP contribution in [-0.2, 0) is 4.79 Å². The second kappa shape index (κ2) is 9.18. The Balaban J connectivity index is 1.42. The zero-order valence-electron chi connectivity index (χ0n) is 15.4. The van der Waals surface area contributed by atoms with Gasteiger partial charge in [-0.2, -0.15) is 0 Å². The van der Waals surface area contributed by atoms with Crippen LogP contribution in [0.4, 0.5) is 5.82 Å². The van der Waals surface area contributed by atoms with Gasteiger partial charge in [0.05, 0.1) is 0 Å². The molecule has 1 amide bonds. The molecule has 26 heavy (non-hydrogen) atoms. The summed E-state index contributed by atoms with van der Waals surface area (Å²) in [6.07, 6.45) is 9.35. The topological polar surface area (TPSA) is 36.4 Å². The Bertz CT molecular complexity index is 707. The minimum absolute atomic E-state index is 0.235. The summed E-state index contributed by atoms with van der Waals surface area (Å²) in [5.41, 5.74) is 1.18. The fourth-order valence-corrected chi connectivity index (χ4v) is 3.39. The number of carbonyl (C=O) groups is 1. The molecule has 4 heteroatoms. The van der Waals surface area contributed by atoms with Crippen molar-refractivity contribution in [3.8, 4) is 0 Å². The molecule has 0 N–H and O–H groups in total. The van der Waals surface area contributed by atoms with Gasteiger partial charge in [0.15, 0.2) is 0 Å². The van der Waals surface area contributed by atoms with Crippen molar-refractivity contribution in [2.24, 2.45) is 0 Å². The molecule has 2 aromatic rings. The number of piperidine rings is 1. The summed E-state index contributed by atoms with van der Waals surface area (Å²) < 4.78 is 0. The van der Waals surface area contributed by atoms with E-state index in [4.69, 9.17) is 0 Å². The summed E-state index contributed by atoms with van der Waals surface area (Å²) in [5, 5.41) is 0. The van der Waals surface area contributed by atoms with E-state index in [2.05, 4.69) is 34.2 Å². The van der Waals surface area contributed by atoms with Crippen LogP contribution in [0.15, 0.2) is 60.8 Å². The third-order valence-corrected chi connectivity index (χ3v) is 5.01. The SMILES string of the molecule is CN(C(=O)CC/C=C\c1ccccc1)C1CCN(c2ccccn2)CC1. The third-order valence-electron chi connectivity index (χ3n) is 5.01. The van der Waals surface area contributed by atoms with Crippen LogP contribution in [0, 0.1) is 0 Å². The number of amides is 1. The number of hydrogen-bond donors (Lipinski definition) is 0. The lowest BCUT2D eigenvalue weighted by Crippen LogP contribution is -2.45. The standard InChI is InChI=1S/C22H27N3O/c1-24(22(26)13-6-5-11-19-9-3-2-4-10-19)20-14-17-25(18-15-20)21-12-7-8-16-23-21/h2-5,7-12,16,20H,6,13-15,17-18H2,1H3/b11-5-. The predicted octanol–water partition coefficient (Wildman–Crippen LogP) is 4.00. The third kappa shape index (κ3) is 4.94. The maximum absolute atomic E-state index is 12.5. The molecule has 1 saturated heterocycles. The maximum atomic E-state index is 12.5. The van der Waals surface area contributed by atoms with Gasteiger partial charge in [-0.25, -0.2) is 4.98 Å². The fourth-order valence-electron chi connectivity index (χ4n) is 3.39. The highest BCUT2D eigenvalue weighted by atomic mass is 16.2. The van der Waals surface area contributed by atoms with Crippen LogP contribution in [0.2, 0.25) is 0 Å². The summed E-state index contributed by atoms with van der Waals surface area (Å²) in [4.78, 5) is 21.1. The van der Waals surface area contributed by atoms with Crippen molar-refractivity contribution in [3.05, 3.63) is 66.4 Å². The molecule has 1 aromatic heterocycles. The normalized spacial score (nSPS) is 15.3. The molecule has 0 atom stereocenters. The molecule has 1 fully saturated rings. The predicted molar refractivity (Wildman–Crippen MR) is 107 cm³/mol. The van der Waals surface area contributed by atoms with Crippen molar-refractivity contribution in [2.75, 3.05) is 25.0 Å². The van der Waals surface area contributed by atoms with Gasteiger partial charge >= 0.3 is 0 Å². The average molecular weight is 349 g/mol. The lowest BCUT2D eigenvalue weighted by Gasteiger charge is -2.37. The molecule has 4 nitrogen and oxygen atoms in total. The highest BCUT2D eigenvalue weighted by Gasteiger charge is 2.25. The summed E-state index contributed by atoms with van der Waals surface area (Å²) in [6.45, 7) is 1.90. The van der Waals surface area contributed by atoms with E-state index < -0.39 is 0 Å². The Labute approximate surface area is 156 Å². The van der Waals surface area contributed by atoms with E-state index in [9.17, 15) is 4.79 Å². The van der Waals surface area contributed by atoms with Crippen LogP contribution in [0.1, 0.15) is 31.2 Å². The molecular weight excluding hydrogens is 322 g/mol. The summed E-state index contributed by atoms with van der Waals surface area (Å²) in [5.74, 6) is 1.27. The van der Waals surface area contributed by atoms with E-state index in [1.54, 1.807) is 0 Å². The van der Waals surface area contributed by atoms with E-state index in [1.807, 2.05) is 54.5 Å². The monoisotopic (exact) mass is 349 g/mol. The zero-order valence-corrected chi connectivity index (χ0v) is 15.4. The number of aromatic nitrogens is 1. The van der Waals surface area contributed by atoms with Crippen LogP contribution in [0.3, 0.4) is 0 Å². The summed E-state index contributed by atoms with van der Waals surface area (Å²) in [6, 6.07) is 16.5. The first-order chi connectivity index (χ1) is 12.7. The minimum Gasteiger partial charge on any atom is -0.356 e. The molecule has 0 spiro atoms. The second-order valence-electron chi connectivity index (χ2n) is 6.76. The second-order valence-corrected chi connectivity index (χ2v) is 6.76. The number of nitrogens with zero attached hydrogens (tertiary/aromatic N) is 3. The fraction of sp³-hybridized carbons (Fsp3) is 0.364. The van der Waals surface area contributed by atoms with E-state index in [-0.39, 0.29) is 5.91 Å². The van der Waals surface area contributed by atoms with Gasteiger partial charge in [-0.15, -0.1) is 0 Å². The molecule has 136 valence electrons. The Kier molecular flexibility index (Phi) is 6.42. The first kappa shape index (κ1) is 18.2. The van der Waals surface area contributed by atoms with Crippen molar-refractivity contribution in [1.82, 2.24) is 9.88 Å². The molecule has 2 heterocycles. The van der Waals surface area contributed by atoms with Gasteiger partial charge in [0.1, 0.15) is 5.82 Å². The minimum atomic E-state index is 0.235. The van der Waals surface area contributed by atoms with E-state index in [0.717, 1.165) is 38.2 Å². The van der Waals surface area contributed by atoms with Crippen molar-refractivity contribution in [2.45, 2.75) is 31.7 Å². The van der Waals surface area contributed by atoms with Gasteiger partial charge < -0.3 is 9.80 Å².